The second-order valence-corrected chi connectivity index (χ2v) is 6.94. The molecule has 4 rings (SSSR count). The molecule has 0 saturated carbocycles. The van der Waals surface area contributed by atoms with E-state index in [1.807, 2.05) is 6.07 Å². The van der Waals surface area contributed by atoms with Gasteiger partial charge in [-0.2, -0.15) is 0 Å². The molecule has 2 aliphatic rings. The van der Waals surface area contributed by atoms with E-state index < -0.39 is 0 Å². The lowest BCUT2D eigenvalue weighted by molar-refractivity contribution is 0.237. The molecule has 0 spiro atoms. The topological polar surface area (TPSA) is 27.7 Å². The second-order valence-electron chi connectivity index (χ2n) is 6.94. The average Bonchev–Trinajstić information content (AvgIpc) is 2.66. The van der Waals surface area contributed by atoms with Crippen LogP contribution in [0.15, 0.2) is 42.5 Å². The van der Waals surface area contributed by atoms with Gasteiger partial charge in [-0.15, -0.1) is 0 Å². The van der Waals surface area contributed by atoms with Gasteiger partial charge in [0.25, 0.3) is 0 Å². The molecular formula is C21H27N3O. The summed E-state index contributed by atoms with van der Waals surface area (Å²) in [6, 6.07) is 14.8. The highest BCUT2D eigenvalue weighted by Crippen LogP contribution is 2.47. The Morgan fingerprint density at radius 2 is 1.68 bits per heavy atom. The molecule has 4 nitrogen and oxygen atoms in total. The Bertz CT molecular complexity index is 725. The number of rotatable bonds is 5. The van der Waals surface area contributed by atoms with Crippen molar-refractivity contribution in [2.75, 3.05) is 44.2 Å². The number of fused-ring (bicyclic) bond motifs is 2. The highest BCUT2D eigenvalue weighted by molar-refractivity contribution is 5.78. The lowest BCUT2D eigenvalue weighted by atomic mass is 10.1. The molecule has 1 fully saturated rings. The van der Waals surface area contributed by atoms with Gasteiger partial charge in [0.2, 0.25) is 0 Å². The Balaban J connectivity index is 1.46. The maximum atomic E-state index is 6.18. The first-order chi connectivity index (χ1) is 12.3. The molecule has 0 unspecified atom stereocenters. The van der Waals surface area contributed by atoms with Crippen LogP contribution in [0.1, 0.15) is 18.4 Å². The Kier molecular flexibility index (Phi) is 4.90. The van der Waals surface area contributed by atoms with Crippen LogP contribution in [0.25, 0.3) is 0 Å². The van der Waals surface area contributed by atoms with Gasteiger partial charge in [-0.05, 0) is 50.1 Å². The van der Waals surface area contributed by atoms with E-state index in [1.165, 1.54) is 49.4 Å². The molecule has 0 bridgehead atoms. The fourth-order valence-electron chi connectivity index (χ4n) is 3.77. The zero-order valence-electron chi connectivity index (χ0n) is 15.0. The van der Waals surface area contributed by atoms with Crippen molar-refractivity contribution in [3.63, 3.8) is 0 Å². The standard InChI is InChI=1S/C21H27N3O/c1-17-7-6-9-19-21(17)25-20-10-3-2-8-18(20)24(19)14-5-4-13-23-15-11-22-12-16-23/h2-3,6-10,22H,4-5,11-16H2,1H3. The summed E-state index contributed by atoms with van der Waals surface area (Å²) in [5.41, 5.74) is 3.57. The first kappa shape index (κ1) is 16.4. The Morgan fingerprint density at radius 1 is 0.920 bits per heavy atom. The molecule has 1 saturated heterocycles. The van der Waals surface area contributed by atoms with Crippen molar-refractivity contribution in [3.8, 4) is 11.5 Å². The molecular weight excluding hydrogens is 310 g/mol. The Hall–Kier alpha value is -2.04. The van der Waals surface area contributed by atoms with Crippen molar-refractivity contribution in [2.24, 2.45) is 0 Å². The lowest BCUT2D eigenvalue weighted by Gasteiger charge is -2.34. The summed E-state index contributed by atoms with van der Waals surface area (Å²) < 4.78 is 6.18. The van der Waals surface area contributed by atoms with Crippen molar-refractivity contribution in [2.45, 2.75) is 19.8 Å². The van der Waals surface area contributed by atoms with Crippen molar-refractivity contribution in [3.05, 3.63) is 48.0 Å². The van der Waals surface area contributed by atoms with Crippen LogP contribution in [-0.4, -0.2) is 44.2 Å². The summed E-state index contributed by atoms with van der Waals surface area (Å²) >= 11 is 0. The molecule has 0 aromatic heterocycles. The van der Waals surface area contributed by atoms with Crippen molar-refractivity contribution >= 4 is 11.4 Å². The van der Waals surface area contributed by atoms with E-state index in [2.05, 4.69) is 58.4 Å². The van der Waals surface area contributed by atoms with Crippen molar-refractivity contribution in [1.29, 1.82) is 0 Å². The van der Waals surface area contributed by atoms with Gasteiger partial charge in [-0.1, -0.05) is 24.3 Å². The Labute approximate surface area is 150 Å². The van der Waals surface area contributed by atoms with E-state index >= 15 is 0 Å². The van der Waals surface area contributed by atoms with E-state index in [1.54, 1.807) is 0 Å². The molecule has 2 heterocycles. The third-order valence-corrected chi connectivity index (χ3v) is 5.17. The van der Waals surface area contributed by atoms with Gasteiger partial charge in [0, 0.05) is 32.7 Å². The second kappa shape index (κ2) is 7.46. The number of nitrogens with one attached hydrogen (secondary N) is 1. The summed E-state index contributed by atoms with van der Waals surface area (Å²) in [5.74, 6) is 1.97. The molecule has 0 amide bonds. The van der Waals surface area contributed by atoms with Gasteiger partial charge >= 0.3 is 0 Å². The number of aryl methyl sites for hydroxylation is 1. The van der Waals surface area contributed by atoms with Gasteiger partial charge in [0.05, 0.1) is 11.4 Å². The molecule has 4 heteroatoms. The summed E-state index contributed by atoms with van der Waals surface area (Å²) in [6.45, 7) is 8.98. The lowest BCUT2D eigenvalue weighted by Crippen LogP contribution is -2.43. The fourth-order valence-corrected chi connectivity index (χ4v) is 3.77. The SMILES string of the molecule is Cc1cccc2c1Oc1ccccc1N2CCCCN1CCNCC1. The quantitative estimate of drug-likeness (QED) is 0.837. The van der Waals surface area contributed by atoms with Crippen LogP contribution < -0.4 is 15.0 Å². The number of anilines is 2. The number of benzene rings is 2. The number of para-hydroxylation sites is 3. The van der Waals surface area contributed by atoms with Gasteiger partial charge in [0.15, 0.2) is 11.5 Å². The van der Waals surface area contributed by atoms with Crippen molar-refractivity contribution < 1.29 is 4.74 Å². The van der Waals surface area contributed by atoms with E-state index in [4.69, 9.17) is 4.74 Å². The monoisotopic (exact) mass is 337 g/mol. The molecule has 0 radical (unpaired) electrons. The average molecular weight is 337 g/mol. The summed E-state index contributed by atoms with van der Waals surface area (Å²) in [5, 5.41) is 3.42. The first-order valence-electron chi connectivity index (χ1n) is 9.40. The minimum atomic E-state index is 0.964. The minimum Gasteiger partial charge on any atom is -0.453 e. The number of piperazine rings is 1. The van der Waals surface area contributed by atoms with Crippen LogP contribution in [0.3, 0.4) is 0 Å². The van der Waals surface area contributed by atoms with Crippen LogP contribution in [0, 0.1) is 6.92 Å². The van der Waals surface area contributed by atoms with Crippen LogP contribution >= 0.6 is 0 Å². The van der Waals surface area contributed by atoms with Gasteiger partial charge in [-0.3, -0.25) is 0 Å². The number of hydrogen-bond acceptors (Lipinski definition) is 4. The summed E-state index contributed by atoms with van der Waals surface area (Å²) in [4.78, 5) is 5.00. The molecule has 2 aromatic carbocycles. The highest BCUT2D eigenvalue weighted by Gasteiger charge is 2.24. The first-order valence-corrected chi connectivity index (χ1v) is 9.40. The number of nitrogens with zero attached hydrogens (tertiary/aromatic N) is 2. The maximum absolute atomic E-state index is 6.18. The van der Waals surface area contributed by atoms with E-state index in [0.29, 0.717) is 0 Å². The predicted octanol–water partition coefficient (Wildman–Crippen LogP) is 3.92. The smallest absolute Gasteiger partial charge is 0.154 e. The number of hydrogen-bond donors (Lipinski definition) is 1. The van der Waals surface area contributed by atoms with E-state index in [-0.39, 0.29) is 0 Å². The van der Waals surface area contributed by atoms with Gasteiger partial charge in [0.1, 0.15) is 0 Å². The molecule has 2 aliphatic heterocycles. The highest BCUT2D eigenvalue weighted by atomic mass is 16.5. The minimum absolute atomic E-state index is 0.964. The summed E-state index contributed by atoms with van der Waals surface area (Å²) in [7, 11) is 0. The fraction of sp³-hybridized carbons (Fsp3) is 0.429. The molecule has 1 N–H and O–H groups in total. The molecule has 2 aromatic rings. The number of ether oxygens (including phenoxy) is 1. The zero-order valence-corrected chi connectivity index (χ0v) is 15.0. The third kappa shape index (κ3) is 3.51. The van der Waals surface area contributed by atoms with Gasteiger partial charge in [-0.25, -0.2) is 0 Å². The Morgan fingerprint density at radius 3 is 2.56 bits per heavy atom. The van der Waals surface area contributed by atoms with Crippen LogP contribution in [0.5, 0.6) is 11.5 Å². The van der Waals surface area contributed by atoms with Crippen molar-refractivity contribution in [1.82, 2.24) is 10.2 Å². The zero-order chi connectivity index (χ0) is 17.1. The van der Waals surface area contributed by atoms with E-state index in [9.17, 15) is 0 Å². The molecule has 0 aliphatic carbocycles. The summed E-state index contributed by atoms with van der Waals surface area (Å²) in [6.07, 6.45) is 2.42. The van der Waals surface area contributed by atoms with Gasteiger partial charge < -0.3 is 19.9 Å². The number of unbranched alkanes of at least 4 members (excludes halogenated alkanes) is 1. The maximum Gasteiger partial charge on any atom is 0.154 e. The molecule has 25 heavy (non-hydrogen) atoms. The largest absolute Gasteiger partial charge is 0.453 e. The molecule has 132 valence electrons. The predicted molar refractivity (Wildman–Crippen MR) is 103 cm³/mol. The van der Waals surface area contributed by atoms with Crippen LogP contribution in [0.2, 0.25) is 0 Å². The normalized spacial score (nSPS) is 16.9. The third-order valence-electron chi connectivity index (χ3n) is 5.17. The van der Waals surface area contributed by atoms with E-state index in [0.717, 1.165) is 31.1 Å². The van der Waals surface area contributed by atoms with Crippen LogP contribution in [0.4, 0.5) is 11.4 Å². The molecule has 0 atom stereocenters. The van der Waals surface area contributed by atoms with Crippen LogP contribution in [-0.2, 0) is 0 Å².